The van der Waals surface area contributed by atoms with E-state index < -0.39 is 0 Å². The zero-order valence-electron chi connectivity index (χ0n) is 7.23. The van der Waals surface area contributed by atoms with Crippen LogP contribution in [0.15, 0.2) is 22.8 Å². The van der Waals surface area contributed by atoms with E-state index in [1.54, 1.807) is 5.57 Å². The molecule has 0 aliphatic heterocycles. The molecule has 1 rings (SSSR count). The van der Waals surface area contributed by atoms with Crippen LogP contribution >= 0.6 is 11.6 Å². The molecule has 0 atom stereocenters. The number of rotatable bonds is 3. The summed E-state index contributed by atoms with van der Waals surface area (Å²) < 4.78 is 0. The first-order chi connectivity index (χ1) is 5.24. The van der Waals surface area contributed by atoms with Crippen LogP contribution in [0.25, 0.3) is 0 Å². The number of halogens is 1. The average molecular weight is 171 g/mol. The Morgan fingerprint density at radius 2 is 2.09 bits per heavy atom. The quantitative estimate of drug-likeness (QED) is 0.564. The second-order valence-corrected chi connectivity index (χ2v) is 3.72. The van der Waals surface area contributed by atoms with Gasteiger partial charge in [-0.2, -0.15) is 0 Å². The van der Waals surface area contributed by atoms with Gasteiger partial charge in [-0.25, -0.2) is 0 Å². The molecule has 0 heterocycles. The summed E-state index contributed by atoms with van der Waals surface area (Å²) in [6.07, 6.45) is 8.12. The smallest absolute Gasteiger partial charge is 0.0149 e. The molecular weight excluding hydrogens is 156 g/mol. The molecule has 0 nitrogen and oxygen atoms in total. The number of hydrogen-bond donors (Lipinski definition) is 0. The van der Waals surface area contributed by atoms with Crippen LogP contribution in [0.2, 0.25) is 0 Å². The van der Waals surface area contributed by atoms with E-state index in [-0.39, 0.29) is 0 Å². The highest BCUT2D eigenvalue weighted by atomic mass is 35.5. The first-order valence-electron chi connectivity index (χ1n) is 4.27. The molecule has 1 saturated carbocycles. The summed E-state index contributed by atoms with van der Waals surface area (Å²) in [4.78, 5) is 0. The monoisotopic (exact) mass is 170 g/mol. The standard InChI is InChI=1S/C10H15Cl/c1-3-9(10-6-7-10)5-4-8(2)11/h4-5,10H,3,6-7H2,1-2H3. The van der Waals surface area contributed by atoms with Crippen molar-refractivity contribution in [3.05, 3.63) is 22.8 Å². The lowest BCUT2D eigenvalue weighted by atomic mass is 10.1. The van der Waals surface area contributed by atoms with E-state index in [2.05, 4.69) is 13.0 Å². The molecule has 0 unspecified atom stereocenters. The minimum Gasteiger partial charge on any atom is -0.0895 e. The van der Waals surface area contributed by atoms with E-state index in [1.165, 1.54) is 19.3 Å². The van der Waals surface area contributed by atoms with E-state index in [9.17, 15) is 0 Å². The lowest BCUT2D eigenvalue weighted by molar-refractivity contribution is 0.912. The Labute approximate surface area is 73.9 Å². The minimum atomic E-state index is 0.872. The predicted octanol–water partition coefficient (Wildman–Crippen LogP) is 3.88. The summed E-state index contributed by atoms with van der Waals surface area (Å²) in [6.45, 7) is 4.12. The van der Waals surface area contributed by atoms with Gasteiger partial charge in [0.15, 0.2) is 0 Å². The van der Waals surface area contributed by atoms with E-state index in [1.807, 2.05) is 13.0 Å². The first-order valence-corrected chi connectivity index (χ1v) is 4.64. The highest BCUT2D eigenvalue weighted by Crippen LogP contribution is 2.37. The summed E-state index contributed by atoms with van der Waals surface area (Å²) in [5.74, 6) is 0.882. The SMILES string of the molecule is CCC(=CC=C(C)Cl)C1CC1. The fourth-order valence-electron chi connectivity index (χ4n) is 1.22. The van der Waals surface area contributed by atoms with Crippen molar-refractivity contribution in [2.45, 2.75) is 33.1 Å². The molecular formula is C10H15Cl. The Kier molecular flexibility index (Phi) is 3.19. The third-order valence-electron chi connectivity index (χ3n) is 2.04. The molecule has 1 aliphatic rings. The Morgan fingerprint density at radius 3 is 2.45 bits per heavy atom. The summed E-state index contributed by atoms with van der Waals surface area (Å²) in [7, 11) is 0. The first kappa shape index (κ1) is 8.86. The zero-order chi connectivity index (χ0) is 8.27. The summed E-state index contributed by atoms with van der Waals surface area (Å²) >= 11 is 5.72. The third-order valence-corrected chi connectivity index (χ3v) is 2.16. The summed E-state index contributed by atoms with van der Waals surface area (Å²) in [6, 6.07) is 0. The Hall–Kier alpha value is -0.230. The molecule has 1 heteroatoms. The van der Waals surface area contributed by atoms with Crippen molar-refractivity contribution in [1.29, 1.82) is 0 Å². The van der Waals surface area contributed by atoms with Gasteiger partial charge >= 0.3 is 0 Å². The normalized spacial score (nSPS) is 20.6. The molecule has 0 N–H and O–H groups in total. The molecule has 0 aromatic rings. The van der Waals surface area contributed by atoms with Crippen LogP contribution < -0.4 is 0 Å². The maximum Gasteiger partial charge on any atom is 0.0149 e. The highest BCUT2D eigenvalue weighted by molar-refractivity contribution is 6.29. The van der Waals surface area contributed by atoms with Crippen molar-refractivity contribution in [3.8, 4) is 0 Å². The molecule has 0 radical (unpaired) electrons. The maximum atomic E-state index is 5.72. The van der Waals surface area contributed by atoms with Gasteiger partial charge < -0.3 is 0 Å². The minimum absolute atomic E-state index is 0.872. The average Bonchev–Trinajstić information content (AvgIpc) is 2.72. The van der Waals surface area contributed by atoms with E-state index in [0.29, 0.717) is 0 Å². The van der Waals surface area contributed by atoms with Gasteiger partial charge in [-0.3, -0.25) is 0 Å². The van der Waals surface area contributed by atoms with Crippen LogP contribution in [0, 0.1) is 5.92 Å². The lowest BCUT2D eigenvalue weighted by Gasteiger charge is -1.97. The van der Waals surface area contributed by atoms with Crippen LogP contribution in [0.3, 0.4) is 0 Å². The van der Waals surface area contributed by atoms with Crippen molar-refractivity contribution in [2.24, 2.45) is 5.92 Å². The molecule has 0 aromatic carbocycles. The van der Waals surface area contributed by atoms with Crippen LogP contribution in [0.1, 0.15) is 33.1 Å². The van der Waals surface area contributed by atoms with Gasteiger partial charge in [0.25, 0.3) is 0 Å². The fourth-order valence-corrected chi connectivity index (χ4v) is 1.28. The van der Waals surface area contributed by atoms with E-state index >= 15 is 0 Å². The molecule has 0 aromatic heterocycles. The Bertz CT molecular complexity index is 181. The molecule has 0 spiro atoms. The molecule has 0 amide bonds. The van der Waals surface area contributed by atoms with Crippen LogP contribution in [0.5, 0.6) is 0 Å². The van der Waals surface area contributed by atoms with Crippen LogP contribution in [-0.2, 0) is 0 Å². The second kappa shape index (κ2) is 3.96. The van der Waals surface area contributed by atoms with Crippen molar-refractivity contribution < 1.29 is 0 Å². The number of hydrogen-bond acceptors (Lipinski definition) is 0. The molecule has 11 heavy (non-hydrogen) atoms. The van der Waals surface area contributed by atoms with Gasteiger partial charge in [0.05, 0.1) is 0 Å². The van der Waals surface area contributed by atoms with Crippen molar-refractivity contribution in [2.75, 3.05) is 0 Å². The van der Waals surface area contributed by atoms with Gasteiger partial charge in [0.2, 0.25) is 0 Å². The topological polar surface area (TPSA) is 0 Å². The van der Waals surface area contributed by atoms with Crippen molar-refractivity contribution >= 4 is 11.6 Å². The zero-order valence-corrected chi connectivity index (χ0v) is 7.99. The van der Waals surface area contributed by atoms with E-state index in [0.717, 1.165) is 11.0 Å². The van der Waals surface area contributed by atoms with Gasteiger partial charge in [0, 0.05) is 5.03 Å². The molecule has 0 saturated heterocycles. The Morgan fingerprint density at radius 1 is 1.45 bits per heavy atom. The Balaban J connectivity index is 2.52. The van der Waals surface area contributed by atoms with Crippen LogP contribution in [0.4, 0.5) is 0 Å². The largest absolute Gasteiger partial charge is 0.0895 e. The van der Waals surface area contributed by atoms with Gasteiger partial charge in [-0.1, -0.05) is 30.2 Å². The predicted molar refractivity (Wildman–Crippen MR) is 50.7 cm³/mol. The van der Waals surface area contributed by atoms with Gasteiger partial charge in [0.1, 0.15) is 0 Å². The molecule has 1 fully saturated rings. The summed E-state index contributed by atoms with van der Waals surface area (Å²) in [5.41, 5.74) is 1.56. The molecule has 62 valence electrons. The van der Waals surface area contributed by atoms with Gasteiger partial charge in [-0.05, 0) is 38.2 Å². The fraction of sp³-hybridized carbons (Fsp3) is 0.600. The van der Waals surface area contributed by atoms with Crippen molar-refractivity contribution in [1.82, 2.24) is 0 Å². The van der Waals surface area contributed by atoms with Gasteiger partial charge in [-0.15, -0.1) is 0 Å². The highest BCUT2D eigenvalue weighted by Gasteiger charge is 2.23. The third kappa shape index (κ3) is 3.11. The lowest BCUT2D eigenvalue weighted by Crippen LogP contribution is -1.81. The molecule has 0 bridgehead atoms. The molecule has 1 aliphatic carbocycles. The van der Waals surface area contributed by atoms with Crippen molar-refractivity contribution in [3.63, 3.8) is 0 Å². The maximum absolute atomic E-state index is 5.72. The van der Waals surface area contributed by atoms with E-state index in [4.69, 9.17) is 11.6 Å². The number of allylic oxidation sites excluding steroid dienone is 4. The second-order valence-electron chi connectivity index (χ2n) is 3.12. The summed E-state index contributed by atoms with van der Waals surface area (Å²) in [5, 5.41) is 0.872. The van der Waals surface area contributed by atoms with Crippen LogP contribution in [-0.4, -0.2) is 0 Å².